The van der Waals surface area contributed by atoms with Gasteiger partial charge in [-0.2, -0.15) is 0 Å². The fraction of sp³-hybridized carbons (Fsp3) is 0. The zero-order valence-corrected chi connectivity index (χ0v) is 11.8. The first kappa shape index (κ1) is 11.2. The Balaban J connectivity index is 2.14. The summed E-state index contributed by atoms with van der Waals surface area (Å²) in [6, 6.07) is 20.2. The largest absolute Gasteiger partial charge is 0.453 e. The molecule has 5 rings (SSSR count). The number of halogens is 1. The van der Waals surface area contributed by atoms with Crippen LogP contribution in [0.1, 0.15) is 0 Å². The number of nitrogens with zero attached hydrogens (tertiary/aromatic N) is 1. The number of ether oxygens (including phenoxy) is 1. The smallest absolute Gasteiger partial charge is 0.152 e. The van der Waals surface area contributed by atoms with Crippen molar-refractivity contribution in [2.75, 3.05) is 0 Å². The molecule has 0 N–H and O–H groups in total. The quantitative estimate of drug-likeness (QED) is 0.365. The van der Waals surface area contributed by atoms with Gasteiger partial charge in [0, 0.05) is 10.8 Å². The summed E-state index contributed by atoms with van der Waals surface area (Å²) in [5.74, 6) is 1.73. The van der Waals surface area contributed by atoms with Crippen molar-refractivity contribution in [1.29, 1.82) is 0 Å². The predicted molar refractivity (Wildman–Crippen MR) is 85.9 cm³/mol. The molecule has 21 heavy (non-hydrogen) atoms. The maximum Gasteiger partial charge on any atom is 0.152 e. The first-order valence-corrected chi connectivity index (χ1v) is 7.21. The van der Waals surface area contributed by atoms with E-state index in [1.807, 2.05) is 42.5 Å². The lowest BCUT2D eigenvalue weighted by molar-refractivity contribution is 0.476. The number of fused-ring (bicyclic) bond motifs is 5. The summed E-state index contributed by atoms with van der Waals surface area (Å²) < 4.78 is 8.26. The fourth-order valence-corrected chi connectivity index (χ4v) is 3.47. The van der Waals surface area contributed by atoms with Crippen LogP contribution in [0.15, 0.2) is 60.7 Å². The molecule has 2 nitrogen and oxygen atoms in total. The van der Waals surface area contributed by atoms with E-state index in [0.717, 1.165) is 38.6 Å². The summed E-state index contributed by atoms with van der Waals surface area (Å²) in [4.78, 5) is 0. The standard InChI is InChI=1S/C18H10ClNO/c19-13-7-3-5-11-12-6-4-10-16-18(12)20(17(11)13)14-8-1-2-9-15(14)21-16/h1-10H. The van der Waals surface area contributed by atoms with Crippen molar-refractivity contribution in [2.24, 2.45) is 0 Å². The van der Waals surface area contributed by atoms with E-state index in [0.29, 0.717) is 0 Å². The van der Waals surface area contributed by atoms with Crippen LogP contribution < -0.4 is 4.74 Å². The van der Waals surface area contributed by atoms with E-state index in [4.69, 9.17) is 16.3 Å². The van der Waals surface area contributed by atoms with Gasteiger partial charge in [0.1, 0.15) is 0 Å². The third-order valence-corrected chi connectivity index (χ3v) is 4.35. The van der Waals surface area contributed by atoms with Crippen LogP contribution in [0.2, 0.25) is 5.02 Å². The second kappa shape index (κ2) is 3.80. The molecule has 0 saturated heterocycles. The topological polar surface area (TPSA) is 14.2 Å². The Morgan fingerprint density at radius 1 is 0.714 bits per heavy atom. The van der Waals surface area contributed by atoms with Crippen molar-refractivity contribution >= 4 is 33.4 Å². The predicted octanol–water partition coefficient (Wildman–Crippen LogP) is 5.54. The van der Waals surface area contributed by atoms with Crippen LogP contribution in [0.5, 0.6) is 11.5 Å². The Morgan fingerprint density at radius 3 is 2.33 bits per heavy atom. The third kappa shape index (κ3) is 1.33. The normalized spacial score (nSPS) is 12.4. The highest BCUT2D eigenvalue weighted by atomic mass is 35.5. The molecule has 100 valence electrons. The SMILES string of the molecule is Clc1cccc2c3cccc4c3n(c12)-c1ccccc1O4. The van der Waals surface area contributed by atoms with Gasteiger partial charge in [0.25, 0.3) is 0 Å². The molecule has 0 unspecified atom stereocenters. The first-order chi connectivity index (χ1) is 10.3. The molecule has 2 heterocycles. The van der Waals surface area contributed by atoms with Gasteiger partial charge in [0.15, 0.2) is 11.5 Å². The Kier molecular flexibility index (Phi) is 2.04. The van der Waals surface area contributed by atoms with E-state index in [1.165, 1.54) is 5.39 Å². The molecule has 0 aliphatic carbocycles. The van der Waals surface area contributed by atoms with Crippen LogP contribution in [-0.4, -0.2) is 4.57 Å². The summed E-state index contributed by atoms with van der Waals surface area (Å²) in [6.45, 7) is 0. The second-order valence-corrected chi connectivity index (χ2v) is 5.60. The van der Waals surface area contributed by atoms with Gasteiger partial charge in [-0.15, -0.1) is 0 Å². The van der Waals surface area contributed by atoms with Gasteiger partial charge in [-0.05, 0) is 24.3 Å². The van der Waals surface area contributed by atoms with Gasteiger partial charge in [-0.25, -0.2) is 0 Å². The number of benzene rings is 3. The summed E-state index contributed by atoms with van der Waals surface area (Å²) in [5.41, 5.74) is 3.15. The van der Waals surface area contributed by atoms with E-state index >= 15 is 0 Å². The van der Waals surface area contributed by atoms with Crippen molar-refractivity contribution in [1.82, 2.24) is 4.57 Å². The van der Waals surface area contributed by atoms with Crippen LogP contribution >= 0.6 is 11.6 Å². The summed E-state index contributed by atoms with van der Waals surface area (Å²) in [6.07, 6.45) is 0. The van der Waals surface area contributed by atoms with Crippen molar-refractivity contribution in [3.8, 4) is 17.2 Å². The maximum atomic E-state index is 6.49. The van der Waals surface area contributed by atoms with Crippen LogP contribution in [-0.2, 0) is 0 Å². The molecule has 0 saturated carbocycles. The molecule has 3 heteroatoms. The molecule has 0 amide bonds. The van der Waals surface area contributed by atoms with E-state index in [1.54, 1.807) is 0 Å². The van der Waals surface area contributed by atoms with Gasteiger partial charge in [0.2, 0.25) is 0 Å². The van der Waals surface area contributed by atoms with E-state index in [9.17, 15) is 0 Å². The molecule has 0 spiro atoms. The first-order valence-electron chi connectivity index (χ1n) is 6.83. The van der Waals surface area contributed by atoms with Gasteiger partial charge in [-0.1, -0.05) is 48.0 Å². The summed E-state index contributed by atoms with van der Waals surface area (Å²) in [5, 5.41) is 3.07. The molecular formula is C18H10ClNO. The lowest BCUT2D eigenvalue weighted by Crippen LogP contribution is -2.03. The van der Waals surface area contributed by atoms with Crippen LogP contribution in [0, 0.1) is 0 Å². The molecule has 4 aromatic rings. The Morgan fingerprint density at radius 2 is 1.43 bits per heavy atom. The van der Waals surface area contributed by atoms with Crippen molar-refractivity contribution < 1.29 is 4.74 Å². The molecule has 0 bridgehead atoms. The highest BCUT2D eigenvalue weighted by molar-refractivity contribution is 6.36. The third-order valence-electron chi connectivity index (χ3n) is 4.05. The highest BCUT2D eigenvalue weighted by Crippen LogP contribution is 2.46. The Hall–Kier alpha value is -2.45. The number of rotatable bonds is 0. The van der Waals surface area contributed by atoms with Crippen LogP contribution in [0.3, 0.4) is 0 Å². The zero-order chi connectivity index (χ0) is 14.0. The minimum absolute atomic E-state index is 0.756. The molecule has 0 atom stereocenters. The monoisotopic (exact) mass is 291 g/mol. The average molecular weight is 292 g/mol. The van der Waals surface area contributed by atoms with Crippen LogP contribution in [0.25, 0.3) is 27.5 Å². The Labute approximate surface area is 126 Å². The number of hydrogen-bond acceptors (Lipinski definition) is 1. The molecule has 1 aliphatic rings. The van der Waals surface area contributed by atoms with Gasteiger partial charge >= 0.3 is 0 Å². The lowest BCUT2D eigenvalue weighted by atomic mass is 10.1. The van der Waals surface area contributed by atoms with Crippen molar-refractivity contribution in [3.63, 3.8) is 0 Å². The maximum absolute atomic E-state index is 6.49. The molecule has 3 aromatic carbocycles. The van der Waals surface area contributed by atoms with Gasteiger partial charge in [0.05, 0.1) is 21.7 Å². The van der Waals surface area contributed by atoms with Crippen molar-refractivity contribution in [3.05, 3.63) is 65.7 Å². The molecule has 1 aliphatic heterocycles. The van der Waals surface area contributed by atoms with E-state index < -0.39 is 0 Å². The summed E-state index contributed by atoms with van der Waals surface area (Å²) in [7, 11) is 0. The highest BCUT2D eigenvalue weighted by Gasteiger charge is 2.23. The molecular weight excluding hydrogens is 282 g/mol. The Bertz CT molecular complexity index is 1010. The van der Waals surface area contributed by atoms with Gasteiger partial charge < -0.3 is 9.30 Å². The van der Waals surface area contributed by atoms with Crippen LogP contribution in [0.4, 0.5) is 0 Å². The number of para-hydroxylation sites is 4. The zero-order valence-electron chi connectivity index (χ0n) is 11.0. The summed E-state index contributed by atoms with van der Waals surface area (Å²) >= 11 is 6.49. The minimum atomic E-state index is 0.756. The van der Waals surface area contributed by atoms with E-state index in [2.05, 4.69) is 22.8 Å². The second-order valence-electron chi connectivity index (χ2n) is 5.19. The lowest BCUT2D eigenvalue weighted by Gasteiger charge is -2.20. The van der Waals surface area contributed by atoms with E-state index in [-0.39, 0.29) is 0 Å². The fourth-order valence-electron chi connectivity index (χ4n) is 3.21. The van der Waals surface area contributed by atoms with Gasteiger partial charge in [-0.3, -0.25) is 0 Å². The molecule has 1 aromatic heterocycles. The number of hydrogen-bond donors (Lipinski definition) is 0. The molecule has 0 fully saturated rings. The average Bonchev–Trinajstić information content (AvgIpc) is 2.86. The molecule has 0 radical (unpaired) electrons. The van der Waals surface area contributed by atoms with Crippen molar-refractivity contribution in [2.45, 2.75) is 0 Å². The minimum Gasteiger partial charge on any atom is -0.453 e. The number of aromatic nitrogens is 1.